The Labute approximate surface area is 178 Å². The van der Waals surface area contributed by atoms with Crippen LogP contribution in [0.4, 0.5) is 8.78 Å². The first kappa shape index (κ1) is 20.9. The van der Waals surface area contributed by atoms with Crippen molar-refractivity contribution in [3.05, 3.63) is 51.5 Å². The van der Waals surface area contributed by atoms with Crippen LogP contribution in [-0.4, -0.2) is 46.2 Å². The summed E-state index contributed by atoms with van der Waals surface area (Å²) in [6.07, 6.45) is 3.82. The van der Waals surface area contributed by atoms with E-state index in [1.807, 2.05) is 12.3 Å². The second kappa shape index (κ2) is 8.79. The van der Waals surface area contributed by atoms with E-state index in [1.165, 1.54) is 4.90 Å². The van der Waals surface area contributed by atoms with Gasteiger partial charge in [0.25, 0.3) is 0 Å². The van der Waals surface area contributed by atoms with Gasteiger partial charge in [0.2, 0.25) is 0 Å². The number of aromatic nitrogens is 1. The Balaban J connectivity index is 1.44. The second-order valence-electron chi connectivity index (χ2n) is 8.17. The zero-order chi connectivity index (χ0) is 21.3. The molecule has 0 radical (unpaired) electrons. The van der Waals surface area contributed by atoms with Gasteiger partial charge in [-0.2, -0.15) is 0 Å². The molecule has 2 atom stereocenters. The molecule has 1 aromatic heterocycles. The Bertz CT molecular complexity index is 948. The van der Waals surface area contributed by atoms with Crippen LogP contribution in [0.2, 0.25) is 0 Å². The van der Waals surface area contributed by atoms with Crippen LogP contribution in [0.1, 0.15) is 48.0 Å². The van der Waals surface area contributed by atoms with Gasteiger partial charge >= 0.3 is 11.8 Å². The second-order valence-corrected chi connectivity index (χ2v) is 9.11. The molecule has 0 bridgehead atoms. The minimum atomic E-state index is -0.619. The largest absolute Gasteiger partial charge is 0.334 e. The van der Waals surface area contributed by atoms with Crippen LogP contribution in [0.15, 0.2) is 23.6 Å². The monoisotopic (exact) mass is 433 g/mol. The van der Waals surface area contributed by atoms with Crippen molar-refractivity contribution in [2.24, 2.45) is 5.92 Å². The molecule has 2 aliphatic heterocycles. The van der Waals surface area contributed by atoms with Gasteiger partial charge in [-0.1, -0.05) is 0 Å². The minimum Gasteiger partial charge on any atom is -0.334 e. The average Bonchev–Trinajstić information content (AvgIpc) is 3.38. The number of hydrogen-bond acceptors (Lipinski definition) is 4. The van der Waals surface area contributed by atoms with Crippen molar-refractivity contribution >= 4 is 23.2 Å². The van der Waals surface area contributed by atoms with Gasteiger partial charge in [-0.3, -0.25) is 9.59 Å². The van der Waals surface area contributed by atoms with Crippen molar-refractivity contribution in [3.8, 4) is 0 Å². The number of amides is 2. The van der Waals surface area contributed by atoms with Crippen molar-refractivity contribution in [2.75, 3.05) is 19.6 Å². The third-order valence-electron chi connectivity index (χ3n) is 5.95. The molecule has 5 nitrogen and oxygen atoms in total. The van der Waals surface area contributed by atoms with Crippen molar-refractivity contribution in [1.29, 1.82) is 0 Å². The van der Waals surface area contributed by atoms with Crippen LogP contribution in [-0.2, 0) is 16.0 Å². The molecule has 0 aliphatic carbocycles. The lowest BCUT2D eigenvalue weighted by Gasteiger charge is -2.34. The van der Waals surface area contributed by atoms with E-state index in [-0.39, 0.29) is 11.5 Å². The van der Waals surface area contributed by atoms with Gasteiger partial charge in [-0.15, -0.1) is 11.3 Å². The summed E-state index contributed by atoms with van der Waals surface area (Å²) in [6.45, 7) is 3.41. The number of piperidine rings is 1. The number of halogens is 2. The molecular weight excluding hydrogens is 408 g/mol. The molecule has 2 unspecified atom stereocenters. The molecule has 2 amide bonds. The third kappa shape index (κ3) is 4.38. The lowest BCUT2D eigenvalue weighted by molar-refractivity contribution is -0.153. The van der Waals surface area contributed by atoms with Crippen molar-refractivity contribution in [2.45, 2.75) is 45.1 Å². The van der Waals surface area contributed by atoms with E-state index in [0.29, 0.717) is 32.5 Å². The summed E-state index contributed by atoms with van der Waals surface area (Å²) < 4.78 is 27.9. The first-order chi connectivity index (χ1) is 14.4. The quantitative estimate of drug-likeness (QED) is 0.691. The number of aryl methyl sites for hydroxylation is 1. The van der Waals surface area contributed by atoms with Crippen molar-refractivity contribution in [3.63, 3.8) is 0 Å². The topological polar surface area (TPSA) is 53.5 Å². The third-order valence-corrected chi connectivity index (χ3v) is 6.94. The molecule has 0 spiro atoms. The van der Waals surface area contributed by atoms with Gasteiger partial charge in [-0.05, 0) is 56.7 Å². The highest BCUT2D eigenvalue weighted by atomic mass is 32.1. The average molecular weight is 434 g/mol. The summed E-state index contributed by atoms with van der Waals surface area (Å²) >= 11 is 1.62. The van der Waals surface area contributed by atoms with Crippen LogP contribution >= 0.6 is 11.3 Å². The van der Waals surface area contributed by atoms with E-state index in [2.05, 4.69) is 4.98 Å². The molecule has 160 valence electrons. The van der Waals surface area contributed by atoms with E-state index < -0.39 is 29.5 Å². The molecule has 8 heteroatoms. The highest BCUT2D eigenvalue weighted by molar-refractivity contribution is 7.09. The first-order valence-corrected chi connectivity index (χ1v) is 11.3. The fourth-order valence-electron chi connectivity index (χ4n) is 4.52. The van der Waals surface area contributed by atoms with E-state index >= 15 is 0 Å². The summed E-state index contributed by atoms with van der Waals surface area (Å²) in [6, 6.07) is 2.66. The number of rotatable bonds is 3. The molecule has 1 aromatic carbocycles. The number of likely N-dealkylation sites (tertiary alicyclic amines) is 2. The molecule has 3 heterocycles. The molecule has 2 fully saturated rings. The number of nitrogens with zero attached hydrogens (tertiary/aromatic N) is 3. The first-order valence-electron chi connectivity index (χ1n) is 10.4. The normalized spacial score (nSPS) is 21.8. The number of hydrogen-bond donors (Lipinski definition) is 0. The van der Waals surface area contributed by atoms with Gasteiger partial charge in [0, 0.05) is 42.7 Å². The number of benzene rings is 1. The predicted octanol–water partition coefficient (Wildman–Crippen LogP) is 3.87. The molecule has 2 aromatic rings. The van der Waals surface area contributed by atoms with Crippen molar-refractivity contribution < 1.29 is 18.4 Å². The summed E-state index contributed by atoms with van der Waals surface area (Å²) in [7, 11) is 0. The van der Waals surface area contributed by atoms with E-state index in [0.717, 1.165) is 48.2 Å². The fourth-order valence-corrected chi connectivity index (χ4v) is 5.41. The maximum atomic E-state index is 14.3. The molecule has 2 aliphatic rings. The maximum Gasteiger partial charge on any atom is 0.312 e. The number of carbonyl (C=O) groups excluding carboxylic acids is 2. The summed E-state index contributed by atoms with van der Waals surface area (Å²) in [5.41, 5.74) is 1.14. The van der Waals surface area contributed by atoms with Gasteiger partial charge in [0.15, 0.2) is 0 Å². The van der Waals surface area contributed by atoms with Crippen molar-refractivity contribution in [1.82, 2.24) is 14.8 Å². The molecule has 4 rings (SSSR count). The van der Waals surface area contributed by atoms with Crippen LogP contribution in [0.5, 0.6) is 0 Å². The Morgan fingerprint density at radius 1 is 1.17 bits per heavy atom. The van der Waals surface area contributed by atoms with Crippen LogP contribution in [0.3, 0.4) is 0 Å². The molecule has 0 N–H and O–H groups in total. The van der Waals surface area contributed by atoms with Gasteiger partial charge < -0.3 is 9.80 Å². The Kier molecular flexibility index (Phi) is 6.13. The number of carbonyl (C=O) groups is 2. The van der Waals surface area contributed by atoms with Crippen LogP contribution < -0.4 is 0 Å². The number of thiazole rings is 1. The Morgan fingerprint density at radius 2 is 1.97 bits per heavy atom. The lowest BCUT2D eigenvalue weighted by atomic mass is 9.95. The van der Waals surface area contributed by atoms with E-state index in [9.17, 15) is 18.4 Å². The smallest absolute Gasteiger partial charge is 0.312 e. The highest BCUT2D eigenvalue weighted by Gasteiger charge is 2.38. The Morgan fingerprint density at radius 3 is 2.73 bits per heavy atom. The molecule has 2 saturated heterocycles. The van der Waals surface area contributed by atoms with Gasteiger partial charge in [0.05, 0.1) is 11.0 Å². The van der Waals surface area contributed by atoms with E-state index in [4.69, 9.17) is 0 Å². The van der Waals surface area contributed by atoms with Gasteiger partial charge in [-0.25, -0.2) is 13.8 Å². The molecule has 30 heavy (non-hydrogen) atoms. The summed E-state index contributed by atoms with van der Waals surface area (Å²) in [4.78, 5) is 33.5. The predicted molar refractivity (Wildman–Crippen MR) is 110 cm³/mol. The zero-order valence-electron chi connectivity index (χ0n) is 16.9. The summed E-state index contributed by atoms with van der Waals surface area (Å²) in [5, 5.41) is 3.07. The molecular formula is C22H25F2N3O2S. The molecule has 0 saturated carbocycles. The maximum absolute atomic E-state index is 14.3. The Hall–Kier alpha value is -2.35. The van der Waals surface area contributed by atoms with E-state index in [1.54, 1.807) is 16.2 Å². The minimum absolute atomic E-state index is 0.143. The summed E-state index contributed by atoms with van der Waals surface area (Å²) in [5.74, 6) is -1.99. The zero-order valence-corrected chi connectivity index (χ0v) is 17.8. The van der Waals surface area contributed by atoms with Crippen LogP contribution in [0, 0.1) is 24.5 Å². The highest BCUT2D eigenvalue weighted by Crippen LogP contribution is 2.34. The standard InChI is InChI=1S/C22H25F2N3O2S/c1-14-13-30-20(25-14)10-15-4-2-8-26(12-15)21(28)22(29)27-9-3-5-19(27)17-11-16(23)6-7-18(17)24/h6-7,11,13,15,19H,2-5,8-10,12H2,1H3. The fraction of sp³-hybridized carbons (Fsp3) is 0.500. The van der Waals surface area contributed by atoms with Gasteiger partial charge in [0.1, 0.15) is 11.6 Å². The lowest BCUT2D eigenvalue weighted by Crippen LogP contribution is -2.48. The SMILES string of the molecule is Cc1csc(CC2CCCN(C(=O)C(=O)N3CCCC3c3cc(F)ccc3F)C2)n1. The van der Waals surface area contributed by atoms with Crippen LogP contribution in [0.25, 0.3) is 0 Å².